The Balaban J connectivity index is 2.12. The molecule has 0 unspecified atom stereocenters. The van der Waals surface area contributed by atoms with Gasteiger partial charge in [-0.15, -0.1) is 0 Å². The lowest BCUT2D eigenvalue weighted by Crippen LogP contribution is -2.49. The molecule has 2 aliphatic rings. The Morgan fingerprint density at radius 3 is 3.21 bits per heavy atom. The molecule has 74 valence electrons. The second kappa shape index (κ2) is 2.60. The molecule has 0 saturated carbocycles. The van der Waals surface area contributed by atoms with Gasteiger partial charge < -0.3 is 15.2 Å². The molecule has 0 aromatic carbocycles. The highest BCUT2D eigenvalue weighted by Crippen LogP contribution is 2.31. The van der Waals surface area contributed by atoms with E-state index in [1.54, 1.807) is 0 Å². The van der Waals surface area contributed by atoms with Crippen molar-refractivity contribution in [1.82, 2.24) is 9.47 Å². The number of fused-ring (bicyclic) bond motifs is 2. The number of aromatic nitrogens is 1. The molecule has 4 nitrogen and oxygen atoms in total. The molecule has 4 heteroatoms. The summed E-state index contributed by atoms with van der Waals surface area (Å²) in [5.41, 5.74) is 6.84. The van der Waals surface area contributed by atoms with E-state index in [0.717, 1.165) is 25.1 Å². The van der Waals surface area contributed by atoms with Gasteiger partial charge in [0.15, 0.2) is 0 Å². The van der Waals surface area contributed by atoms with Crippen LogP contribution >= 0.6 is 0 Å². The maximum absolute atomic E-state index is 12.0. The van der Waals surface area contributed by atoms with Crippen LogP contribution in [0.5, 0.6) is 0 Å². The second-order valence-corrected chi connectivity index (χ2v) is 4.00. The number of nitrogens with zero attached hydrogens (tertiary/aromatic N) is 2. The third-order valence-corrected chi connectivity index (χ3v) is 3.27. The summed E-state index contributed by atoms with van der Waals surface area (Å²) in [4.78, 5) is 13.9. The quantitative estimate of drug-likeness (QED) is 0.651. The number of nitrogens with two attached hydrogens (primary N) is 1. The van der Waals surface area contributed by atoms with Crippen LogP contribution in [0.15, 0.2) is 18.3 Å². The average molecular weight is 191 g/mol. The summed E-state index contributed by atoms with van der Waals surface area (Å²) in [5.74, 6) is 0.138. The minimum Gasteiger partial charge on any atom is -0.331 e. The number of carbonyl (C=O) groups excluding carboxylic acids is 1. The molecule has 1 fully saturated rings. The summed E-state index contributed by atoms with van der Waals surface area (Å²) in [6.45, 7) is 0.863. The van der Waals surface area contributed by atoms with E-state index in [9.17, 15) is 4.79 Å². The first-order valence-electron chi connectivity index (χ1n) is 5.02. The van der Waals surface area contributed by atoms with Gasteiger partial charge in [0.25, 0.3) is 5.91 Å². The van der Waals surface area contributed by atoms with Crippen molar-refractivity contribution in [3.8, 4) is 0 Å². The average Bonchev–Trinajstić information content (AvgIpc) is 2.82. The van der Waals surface area contributed by atoms with Gasteiger partial charge in [0.05, 0.1) is 6.04 Å². The maximum Gasteiger partial charge on any atom is 0.270 e. The molecule has 2 aliphatic heterocycles. The zero-order valence-electron chi connectivity index (χ0n) is 7.89. The van der Waals surface area contributed by atoms with E-state index in [2.05, 4.69) is 0 Å². The highest BCUT2D eigenvalue weighted by molar-refractivity contribution is 5.94. The number of carbonyl (C=O) groups is 1. The zero-order chi connectivity index (χ0) is 9.71. The van der Waals surface area contributed by atoms with Crippen molar-refractivity contribution in [2.45, 2.75) is 25.0 Å². The second-order valence-electron chi connectivity index (χ2n) is 4.00. The van der Waals surface area contributed by atoms with Gasteiger partial charge in [-0.25, -0.2) is 0 Å². The van der Waals surface area contributed by atoms with Gasteiger partial charge in [0.1, 0.15) is 11.9 Å². The summed E-state index contributed by atoms with van der Waals surface area (Å²) in [6.07, 6.45) is 3.95. The van der Waals surface area contributed by atoms with Crippen LogP contribution in [0.1, 0.15) is 29.5 Å². The molecular formula is C10H13N3O. The Labute approximate surface area is 82.3 Å². The van der Waals surface area contributed by atoms with Gasteiger partial charge in [-0.05, 0) is 25.0 Å². The van der Waals surface area contributed by atoms with Crippen molar-refractivity contribution in [3.05, 3.63) is 24.0 Å². The largest absolute Gasteiger partial charge is 0.331 e. The fourth-order valence-electron chi connectivity index (χ4n) is 2.57. The fraction of sp³-hybridized carbons (Fsp3) is 0.500. The van der Waals surface area contributed by atoms with E-state index in [-0.39, 0.29) is 18.1 Å². The third-order valence-electron chi connectivity index (χ3n) is 3.27. The predicted octanol–water partition coefficient (Wildman–Crippen LogP) is 0.564. The fourth-order valence-corrected chi connectivity index (χ4v) is 2.57. The van der Waals surface area contributed by atoms with Crippen molar-refractivity contribution in [2.75, 3.05) is 6.54 Å². The molecule has 14 heavy (non-hydrogen) atoms. The number of amides is 1. The van der Waals surface area contributed by atoms with Gasteiger partial charge in [-0.3, -0.25) is 4.79 Å². The van der Waals surface area contributed by atoms with E-state index < -0.39 is 0 Å². The van der Waals surface area contributed by atoms with E-state index in [0.29, 0.717) is 0 Å². The summed E-state index contributed by atoms with van der Waals surface area (Å²) in [6, 6.07) is 3.94. The normalized spacial score (nSPS) is 30.4. The molecule has 0 spiro atoms. The molecule has 0 bridgehead atoms. The topological polar surface area (TPSA) is 51.3 Å². The lowest BCUT2D eigenvalue weighted by Gasteiger charge is -2.36. The number of hydrogen-bond acceptors (Lipinski definition) is 2. The van der Waals surface area contributed by atoms with Crippen LogP contribution in [-0.4, -0.2) is 28.0 Å². The molecule has 1 aromatic heterocycles. The lowest BCUT2D eigenvalue weighted by atomic mass is 10.1. The van der Waals surface area contributed by atoms with Crippen molar-refractivity contribution in [2.24, 2.45) is 5.73 Å². The van der Waals surface area contributed by atoms with Crippen molar-refractivity contribution >= 4 is 5.91 Å². The lowest BCUT2D eigenvalue weighted by molar-refractivity contribution is 0.0617. The molecule has 3 rings (SSSR count). The molecule has 1 aromatic rings. The maximum atomic E-state index is 12.0. The standard InChI is InChI=1S/C10H13N3O/c11-9-7-3-1-6-13(7)10(14)8-4-2-5-12(8)9/h2,4-5,7,9H,1,3,6,11H2/t7-,9-/m0/s1. The first kappa shape index (κ1) is 8.05. The molecule has 2 N–H and O–H groups in total. The minimum atomic E-state index is -0.0554. The van der Waals surface area contributed by atoms with Crippen LogP contribution in [0.25, 0.3) is 0 Å². The first-order valence-corrected chi connectivity index (χ1v) is 5.02. The Hall–Kier alpha value is -1.29. The zero-order valence-corrected chi connectivity index (χ0v) is 7.89. The van der Waals surface area contributed by atoms with Crippen molar-refractivity contribution < 1.29 is 4.79 Å². The molecule has 1 saturated heterocycles. The van der Waals surface area contributed by atoms with Crippen LogP contribution < -0.4 is 5.73 Å². The Kier molecular flexibility index (Phi) is 1.50. The SMILES string of the molecule is N[C@@H]1[C@@H]2CCCN2C(=O)c2cccn21. The molecule has 0 aliphatic carbocycles. The monoisotopic (exact) mass is 191 g/mol. The van der Waals surface area contributed by atoms with Gasteiger partial charge in [0, 0.05) is 12.7 Å². The van der Waals surface area contributed by atoms with E-state index in [1.807, 2.05) is 27.8 Å². The summed E-state index contributed by atoms with van der Waals surface area (Å²) in [7, 11) is 0. The third kappa shape index (κ3) is 0.838. The Morgan fingerprint density at radius 1 is 1.50 bits per heavy atom. The molecule has 0 radical (unpaired) electrons. The van der Waals surface area contributed by atoms with E-state index >= 15 is 0 Å². The van der Waals surface area contributed by atoms with Gasteiger partial charge in [-0.2, -0.15) is 0 Å². The first-order chi connectivity index (χ1) is 6.79. The summed E-state index contributed by atoms with van der Waals surface area (Å²) >= 11 is 0. The van der Waals surface area contributed by atoms with Gasteiger partial charge in [-0.1, -0.05) is 0 Å². The Bertz CT molecular complexity index is 384. The number of hydrogen-bond donors (Lipinski definition) is 1. The van der Waals surface area contributed by atoms with Gasteiger partial charge >= 0.3 is 0 Å². The van der Waals surface area contributed by atoms with Crippen LogP contribution in [0.2, 0.25) is 0 Å². The Morgan fingerprint density at radius 2 is 2.36 bits per heavy atom. The molecule has 3 heterocycles. The predicted molar refractivity (Wildman–Crippen MR) is 51.7 cm³/mol. The van der Waals surface area contributed by atoms with Crippen molar-refractivity contribution in [1.29, 1.82) is 0 Å². The summed E-state index contributed by atoms with van der Waals surface area (Å²) < 4.78 is 1.90. The molecule has 2 atom stereocenters. The highest BCUT2D eigenvalue weighted by Gasteiger charge is 2.39. The number of rotatable bonds is 0. The van der Waals surface area contributed by atoms with Crippen LogP contribution in [-0.2, 0) is 0 Å². The summed E-state index contributed by atoms with van der Waals surface area (Å²) in [5, 5.41) is 0. The van der Waals surface area contributed by atoms with E-state index in [4.69, 9.17) is 5.73 Å². The van der Waals surface area contributed by atoms with Crippen molar-refractivity contribution in [3.63, 3.8) is 0 Å². The molecular weight excluding hydrogens is 178 g/mol. The van der Waals surface area contributed by atoms with Crippen LogP contribution in [0.4, 0.5) is 0 Å². The van der Waals surface area contributed by atoms with Crippen LogP contribution in [0.3, 0.4) is 0 Å². The molecule has 1 amide bonds. The highest BCUT2D eigenvalue weighted by atomic mass is 16.2. The van der Waals surface area contributed by atoms with Crippen LogP contribution in [0, 0.1) is 0 Å². The smallest absolute Gasteiger partial charge is 0.270 e. The van der Waals surface area contributed by atoms with Gasteiger partial charge in [0.2, 0.25) is 0 Å². The minimum absolute atomic E-state index is 0.0554. The van der Waals surface area contributed by atoms with E-state index in [1.165, 1.54) is 0 Å².